The molecule has 8 nitrogen and oxygen atoms in total. The summed E-state index contributed by atoms with van der Waals surface area (Å²) in [5, 5.41) is 10.3. The van der Waals surface area contributed by atoms with Crippen molar-refractivity contribution < 1.29 is 29.0 Å². The topological polar surface area (TPSA) is 124 Å². The lowest BCUT2D eigenvalue weighted by atomic mass is 9.33. The minimum absolute atomic E-state index is 0.0162. The van der Waals surface area contributed by atoms with E-state index in [1.165, 1.54) is 5.57 Å². The molecule has 9 unspecified atom stereocenters. The number of amides is 1. The summed E-state index contributed by atoms with van der Waals surface area (Å²) in [6.45, 7) is 20.4. The molecular formula is C46H64ClN2O6+. The molecule has 300 valence electrons. The monoisotopic (exact) mass is 775 g/mol. The molecule has 6 aliphatic rings. The Kier molecular flexibility index (Phi) is 9.62. The quantitative estimate of drug-likeness (QED) is 0.189. The normalized spacial score (nSPS) is 39.4. The van der Waals surface area contributed by atoms with Gasteiger partial charge in [0.25, 0.3) is 0 Å². The molecular weight excluding hydrogens is 712 g/mol. The second-order valence-electron chi connectivity index (χ2n) is 20.6. The van der Waals surface area contributed by atoms with E-state index in [4.69, 9.17) is 22.1 Å². The zero-order chi connectivity index (χ0) is 40.3. The lowest BCUT2D eigenvalue weighted by molar-refractivity contribution is -0.233. The van der Waals surface area contributed by atoms with Gasteiger partial charge in [0.2, 0.25) is 0 Å². The summed E-state index contributed by atoms with van der Waals surface area (Å²) in [5.41, 5.74) is 8.55. The van der Waals surface area contributed by atoms with Crippen LogP contribution in [0.4, 0.5) is 5.69 Å². The number of carbonyl (C=O) groups is 4. The van der Waals surface area contributed by atoms with Gasteiger partial charge in [-0.25, -0.2) is 4.79 Å². The van der Waals surface area contributed by atoms with Crippen LogP contribution in [0.3, 0.4) is 0 Å². The SMILES string of the molecule is CC(C)C1=C2C3CCC4C5(C)CCC(OC(=O)CC(C)(C)C(=O)O)C(C)(C)C5CCC4(C)C3(C)CCC2(C2=CC(=O)[N+]2(CCN)c2ccc(Cl)cc2)CC1=O. The van der Waals surface area contributed by atoms with Gasteiger partial charge in [-0.3, -0.25) is 14.4 Å². The summed E-state index contributed by atoms with van der Waals surface area (Å²) in [4.78, 5) is 53.4. The number of carbonyl (C=O) groups excluding carboxylic acids is 3. The Morgan fingerprint density at radius 3 is 2.22 bits per heavy atom. The van der Waals surface area contributed by atoms with Crippen molar-refractivity contribution in [2.24, 2.45) is 61.9 Å². The zero-order valence-electron chi connectivity index (χ0n) is 34.6. The zero-order valence-corrected chi connectivity index (χ0v) is 35.4. The summed E-state index contributed by atoms with van der Waals surface area (Å²) in [6.07, 6.45) is 9.53. The lowest BCUT2D eigenvalue weighted by Gasteiger charge is -2.72. The summed E-state index contributed by atoms with van der Waals surface area (Å²) in [7, 11) is 0. The van der Waals surface area contributed by atoms with Crippen LogP contribution in [0.15, 0.2) is 47.2 Å². The molecule has 9 heteroatoms. The van der Waals surface area contributed by atoms with Crippen molar-refractivity contribution in [1.29, 1.82) is 0 Å². The fraction of sp³-hybridized carbons (Fsp3) is 0.696. The number of carboxylic acids is 1. The molecule has 4 fully saturated rings. The largest absolute Gasteiger partial charge is 0.481 e. The van der Waals surface area contributed by atoms with Gasteiger partial charge in [0, 0.05) is 35.5 Å². The van der Waals surface area contributed by atoms with Crippen molar-refractivity contribution in [3.63, 3.8) is 0 Å². The number of hydrogen-bond acceptors (Lipinski definition) is 6. The summed E-state index contributed by atoms with van der Waals surface area (Å²) >= 11 is 6.35. The van der Waals surface area contributed by atoms with E-state index in [1.54, 1.807) is 13.8 Å². The molecule has 0 bridgehead atoms. The van der Waals surface area contributed by atoms with Gasteiger partial charge in [0.05, 0.1) is 17.3 Å². The van der Waals surface area contributed by atoms with Crippen molar-refractivity contribution in [2.45, 2.75) is 133 Å². The summed E-state index contributed by atoms with van der Waals surface area (Å²) in [5.74, 6) is -0.0695. The molecule has 7 rings (SSSR count). The second-order valence-corrected chi connectivity index (χ2v) is 21.1. The number of ketones is 1. The predicted molar refractivity (Wildman–Crippen MR) is 216 cm³/mol. The van der Waals surface area contributed by atoms with Crippen molar-refractivity contribution in [1.82, 2.24) is 4.48 Å². The fourth-order valence-electron chi connectivity index (χ4n) is 14.2. The third-order valence-corrected chi connectivity index (χ3v) is 17.3. The van der Waals surface area contributed by atoms with Crippen LogP contribution >= 0.6 is 11.6 Å². The number of aliphatic carboxylic acids is 1. The number of nitrogens with zero attached hydrogens (tertiary/aromatic N) is 1. The molecule has 1 aliphatic heterocycles. The first-order chi connectivity index (χ1) is 25.6. The van der Waals surface area contributed by atoms with Crippen LogP contribution < -0.4 is 10.2 Å². The Hall–Kier alpha value is -2.81. The molecule has 9 atom stereocenters. The first kappa shape index (κ1) is 40.4. The number of nitrogens with two attached hydrogens (primary N) is 1. The van der Waals surface area contributed by atoms with E-state index >= 15 is 0 Å². The highest BCUT2D eigenvalue weighted by Gasteiger charge is 2.73. The number of carboxylic acid groups (broad SMARTS) is 1. The van der Waals surface area contributed by atoms with Gasteiger partial charge in [0.15, 0.2) is 5.78 Å². The van der Waals surface area contributed by atoms with Gasteiger partial charge in [0.1, 0.15) is 30.1 Å². The molecule has 0 saturated heterocycles. The smallest absolute Gasteiger partial charge is 0.354 e. The molecule has 3 N–H and O–H groups in total. The highest BCUT2D eigenvalue weighted by molar-refractivity contribution is 6.30. The summed E-state index contributed by atoms with van der Waals surface area (Å²) < 4.78 is 6.25. The molecule has 0 spiro atoms. The third kappa shape index (κ3) is 5.49. The van der Waals surface area contributed by atoms with Crippen LogP contribution in [0.25, 0.3) is 0 Å². The molecule has 4 saturated carbocycles. The number of halogens is 1. The van der Waals surface area contributed by atoms with Crippen molar-refractivity contribution in [2.75, 3.05) is 13.1 Å². The van der Waals surface area contributed by atoms with Crippen LogP contribution in [-0.2, 0) is 23.9 Å². The Balaban J connectivity index is 1.24. The number of benzene rings is 1. The molecule has 1 amide bonds. The van der Waals surface area contributed by atoms with Gasteiger partial charge in [-0.05, 0) is 128 Å². The van der Waals surface area contributed by atoms with Gasteiger partial charge < -0.3 is 15.6 Å². The Labute approximate surface area is 333 Å². The number of hydrogen-bond donors (Lipinski definition) is 2. The number of Topliss-reactive ketones (excluding diaryl/α,β-unsaturated/α-hetero) is 1. The van der Waals surface area contributed by atoms with Crippen LogP contribution in [0.5, 0.6) is 0 Å². The average molecular weight is 776 g/mol. The minimum atomic E-state index is -1.18. The number of esters is 1. The van der Waals surface area contributed by atoms with Crippen molar-refractivity contribution >= 4 is 40.9 Å². The van der Waals surface area contributed by atoms with Crippen LogP contribution in [-0.4, -0.2) is 47.9 Å². The predicted octanol–water partition coefficient (Wildman–Crippen LogP) is 9.42. The van der Waals surface area contributed by atoms with E-state index < -0.39 is 22.8 Å². The summed E-state index contributed by atoms with van der Waals surface area (Å²) in [6, 6.07) is 7.60. The first-order valence-electron chi connectivity index (χ1n) is 20.9. The van der Waals surface area contributed by atoms with Crippen molar-refractivity contribution in [3.05, 3.63) is 52.2 Å². The van der Waals surface area contributed by atoms with Gasteiger partial charge in [-0.15, -0.1) is 0 Å². The number of fused-ring (bicyclic) bond motifs is 7. The lowest BCUT2D eigenvalue weighted by Crippen LogP contribution is -2.68. The van der Waals surface area contributed by atoms with E-state index in [-0.39, 0.29) is 62.2 Å². The number of ether oxygens (including phenoxy) is 1. The highest BCUT2D eigenvalue weighted by atomic mass is 35.5. The molecule has 1 aromatic rings. The highest BCUT2D eigenvalue weighted by Crippen LogP contribution is 2.78. The Morgan fingerprint density at radius 2 is 1.62 bits per heavy atom. The average Bonchev–Trinajstić information content (AvgIpc) is 3.40. The van der Waals surface area contributed by atoms with E-state index in [2.05, 4.69) is 48.5 Å². The maximum absolute atomic E-state index is 14.4. The third-order valence-electron chi connectivity index (χ3n) is 17.1. The molecule has 1 heterocycles. The van der Waals surface area contributed by atoms with Crippen LogP contribution in [0.1, 0.15) is 127 Å². The van der Waals surface area contributed by atoms with Gasteiger partial charge in [-0.2, -0.15) is 4.48 Å². The fourth-order valence-corrected chi connectivity index (χ4v) is 14.3. The van der Waals surface area contributed by atoms with Crippen LogP contribution in [0.2, 0.25) is 5.02 Å². The first-order valence-corrected chi connectivity index (χ1v) is 21.3. The molecule has 0 aromatic heterocycles. The Morgan fingerprint density at radius 1 is 0.945 bits per heavy atom. The van der Waals surface area contributed by atoms with E-state index in [0.29, 0.717) is 36.4 Å². The van der Waals surface area contributed by atoms with Crippen LogP contribution in [0, 0.1) is 56.2 Å². The maximum Gasteiger partial charge on any atom is 0.354 e. The molecule has 0 radical (unpaired) electrons. The second kappa shape index (κ2) is 13.1. The molecule has 55 heavy (non-hydrogen) atoms. The molecule has 5 aliphatic carbocycles. The van der Waals surface area contributed by atoms with Crippen molar-refractivity contribution in [3.8, 4) is 0 Å². The number of quaternary nitrogens is 1. The van der Waals surface area contributed by atoms with E-state index in [0.717, 1.165) is 68.3 Å². The van der Waals surface area contributed by atoms with E-state index in [1.807, 2.05) is 30.3 Å². The van der Waals surface area contributed by atoms with Gasteiger partial charge in [-0.1, -0.05) is 60.1 Å². The minimum Gasteiger partial charge on any atom is -0.481 e. The standard InChI is InChI=1S/C46H63ClN2O6/c1-27(2)38-31(50)25-46(34-24-36(51)49(34,23-22-48)29-12-10-28(47)11-13-29)21-20-44(8)30(39(38)46)14-15-33-43(7)18-17-35(55-37(52)26-41(3,4)40(53)54)42(5,6)32(43)16-19-45(33,44)9/h10-13,24,27,30,32-33,35H,14-23,25-26,48H2,1-9H3/p+1. The van der Waals surface area contributed by atoms with Gasteiger partial charge >= 0.3 is 17.8 Å². The number of allylic oxidation sites excluding steroid dienone is 2. The molecule has 1 aromatic carbocycles. The Bertz CT molecular complexity index is 1880. The number of rotatable bonds is 9. The van der Waals surface area contributed by atoms with E-state index in [9.17, 15) is 24.3 Å². The maximum atomic E-state index is 14.4.